The summed E-state index contributed by atoms with van der Waals surface area (Å²) in [4.78, 5) is 32.7. The molecule has 3 aromatic carbocycles. The van der Waals surface area contributed by atoms with Crippen LogP contribution in [0.15, 0.2) is 82.8 Å². The Balaban J connectivity index is 1.74. The predicted octanol–water partition coefficient (Wildman–Crippen LogP) is 5.60. The van der Waals surface area contributed by atoms with Gasteiger partial charge in [-0.25, -0.2) is 4.99 Å². The van der Waals surface area contributed by atoms with Crippen LogP contribution in [0.2, 0.25) is 5.02 Å². The van der Waals surface area contributed by atoms with Crippen molar-refractivity contribution < 1.29 is 9.72 Å². The third-order valence-corrected chi connectivity index (χ3v) is 5.15. The van der Waals surface area contributed by atoms with Crippen molar-refractivity contribution in [3.05, 3.63) is 99.1 Å². The Labute approximate surface area is 183 Å². The van der Waals surface area contributed by atoms with Gasteiger partial charge in [-0.1, -0.05) is 35.9 Å². The first-order valence-electron chi connectivity index (χ1n) is 9.46. The first kappa shape index (κ1) is 20.4. The maximum atomic E-state index is 12.9. The van der Waals surface area contributed by atoms with Crippen LogP contribution in [0.4, 0.5) is 17.1 Å². The number of halogens is 1. The van der Waals surface area contributed by atoms with E-state index in [4.69, 9.17) is 21.6 Å². The number of hydrogen-bond donors (Lipinski definition) is 1. The fourth-order valence-electron chi connectivity index (χ4n) is 3.38. The van der Waals surface area contributed by atoms with Gasteiger partial charge in [-0.3, -0.25) is 19.9 Å². The minimum absolute atomic E-state index is 0.0840. The van der Waals surface area contributed by atoms with Crippen molar-refractivity contribution in [1.82, 2.24) is 5.32 Å². The van der Waals surface area contributed by atoms with Gasteiger partial charge in [0.25, 0.3) is 11.6 Å². The summed E-state index contributed by atoms with van der Waals surface area (Å²) >= 11 is 6.05. The number of nitro groups is 1. The standard InChI is InChI=1S/C23H17ClN4O3/c1-14-21(15-6-10-17(24)11-7-15)22(26-20-5-3-2-4-19(20)25-14)27-23(29)16-8-12-18(13-9-16)28(30)31/h2-13,21H,1H3,(H,26,27,29)/t21-/m0/s1. The number of non-ortho nitro benzene ring substituents is 1. The molecule has 0 spiro atoms. The van der Waals surface area contributed by atoms with Gasteiger partial charge in [0.05, 0.1) is 22.2 Å². The molecule has 0 bridgehead atoms. The number of nitrogens with one attached hydrogen (secondary N) is 1. The molecule has 1 heterocycles. The number of benzene rings is 3. The number of carbonyl (C=O) groups is 1. The Morgan fingerprint density at radius 2 is 1.58 bits per heavy atom. The first-order chi connectivity index (χ1) is 14.9. The topological polar surface area (TPSA) is 97.0 Å². The lowest BCUT2D eigenvalue weighted by molar-refractivity contribution is -0.384. The molecule has 31 heavy (non-hydrogen) atoms. The monoisotopic (exact) mass is 432 g/mol. The fourth-order valence-corrected chi connectivity index (χ4v) is 3.50. The van der Waals surface area contributed by atoms with Crippen molar-refractivity contribution in [2.45, 2.75) is 12.8 Å². The Morgan fingerprint density at radius 3 is 2.19 bits per heavy atom. The van der Waals surface area contributed by atoms with Gasteiger partial charge in [-0.05, 0) is 48.9 Å². The second kappa shape index (κ2) is 8.49. The van der Waals surface area contributed by atoms with Gasteiger partial charge < -0.3 is 5.32 Å². The van der Waals surface area contributed by atoms with Crippen LogP contribution in [-0.4, -0.2) is 22.4 Å². The molecule has 1 aliphatic heterocycles. The largest absolute Gasteiger partial charge is 0.309 e. The third-order valence-electron chi connectivity index (χ3n) is 4.90. The van der Waals surface area contributed by atoms with Crippen LogP contribution >= 0.6 is 11.6 Å². The molecule has 0 unspecified atom stereocenters. The summed E-state index contributed by atoms with van der Waals surface area (Å²) in [5, 5.41) is 14.4. The van der Waals surface area contributed by atoms with E-state index in [2.05, 4.69) is 5.32 Å². The molecule has 4 rings (SSSR count). The van der Waals surface area contributed by atoms with Crippen LogP contribution in [0.1, 0.15) is 28.8 Å². The van der Waals surface area contributed by atoms with E-state index >= 15 is 0 Å². The molecule has 0 fully saturated rings. The number of amidine groups is 1. The second-order valence-corrected chi connectivity index (χ2v) is 7.42. The van der Waals surface area contributed by atoms with Gasteiger partial charge in [-0.2, -0.15) is 0 Å². The first-order valence-corrected chi connectivity index (χ1v) is 9.84. The Morgan fingerprint density at radius 1 is 0.968 bits per heavy atom. The normalized spacial score (nSPS) is 15.2. The zero-order valence-electron chi connectivity index (χ0n) is 16.4. The summed E-state index contributed by atoms with van der Waals surface area (Å²) in [5.41, 5.74) is 3.18. The quantitative estimate of drug-likeness (QED) is 0.431. The fraction of sp³-hybridized carbons (Fsp3) is 0.0870. The number of nitro benzene ring substituents is 1. The maximum Gasteiger partial charge on any atom is 0.269 e. The number of para-hydroxylation sites is 2. The van der Waals surface area contributed by atoms with Crippen molar-refractivity contribution in [1.29, 1.82) is 0 Å². The molecule has 1 N–H and O–H groups in total. The molecule has 3 aromatic rings. The van der Waals surface area contributed by atoms with Gasteiger partial charge in [0.1, 0.15) is 5.84 Å². The summed E-state index contributed by atoms with van der Waals surface area (Å²) in [6.45, 7) is 1.88. The molecule has 1 aliphatic rings. The summed E-state index contributed by atoms with van der Waals surface area (Å²) in [6, 6.07) is 20.1. The van der Waals surface area contributed by atoms with Gasteiger partial charge in [0.2, 0.25) is 0 Å². The highest BCUT2D eigenvalue weighted by Gasteiger charge is 2.27. The molecular weight excluding hydrogens is 416 g/mol. The molecule has 154 valence electrons. The van der Waals surface area contributed by atoms with Crippen LogP contribution in [0.3, 0.4) is 0 Å². The van der Waals surface area contributed by atoms with E-state index in [0.29, 0.717) is 22.2 Å². The van der Waals surface area contributed by atoms with Crippen LogP contribution in [0.5, 0.6) is 0 Å². The van der Waals surface area contributed by atoms with Crippen molar-refractivity contribution in [3.63, 3.8) is 0 Å². The zero-order chi connectivity index (χ0) is 22.0. The van der Waals surface area contributed by atoms with Gasteiger partial charge in [-0.15, -0.1) is 0 Å². The minimum Gasteiger partial charge on any atom is -0.309 e. The molecule has 8 heteroatoms. The number of fused-ring (bicyclic) bond motifs is 1. The highest BCUT2D eigenvalue weighted by atomic mass is 35.5. The van der Waals surface area contributed by atoms with E-state index in [9.17, 15) is 14.9 Å². The molecular formula is C23H17ClN4O3. The number of rotatable bonds is 3. The minimum atomic E-state index is -0.510. The lowest BCUT2D eigenvalue weighted by atomic mass is 9.93. The summed E-state index contributed by atoms with van der Waals surface area (Å²) in [7, 11) is 0. The summed E-state index contributed by atoms with van der Waals surface area (Å²) < 4.78 is 0. The SMILES string of the molecule is CC1=Nc2ccccc2N=C(NC(=O)c2ccc([N+](=O)[O-])cc2)[C@@H]1c1ccc(Cl)cc1. The number of hydrogen-bond acceptors (Lipinski definition) is 5. The third kappa shape index (κ3) is 4.36. The van der Waals surface area contributed by atoms with E-state index < -0.39 is 16.7 Å². The van der Waals surface area contributed by atoms with Gasteiger partial charge in [0, 0.05) is 28.4 Å². The van der Waals surface area contributed by atoms with Crippen molar-refractivity contribution in [2.75, 3.05) is 0 Å². The molecule has 0 radical (unpaired) electrons. The summed E-state index contributed by atoms with van der Waals surface area (Å²) in [6.07, 6.45) is 0. The number of amides is 1. The van der Waals surface area contributed by atoms with E-state index in [1.165, 1.54) is 24.3 Å². The summed E-state index contributed by atoms with van der Waals surface area (Å²) in [5.74, 6) is -0.400. The molecule has 1 atom stereocenters. The molecule has 1 amide bonds. The average molecular weight is 433 g/mol. The molecule has 0 aromatic heterocycles. The number of carbonyl (C=O) groups excluding carboxylic acids is 1. The van der Waals surface area contributed by atoms with E-state index in [1.807, 2.05) is 43.3 Å². The van der Waals surface area contributed by atoms with Crippen LogP contribution in [-0.2, 0) is 0 Å². The lowest BCUT2D eigenvalue weighted by Gasteiger charge is -2.19. The number of aliphatic imine (C=N–C) groups is 2. The van der Waals surface area contributed by atoms with Crippen LogP contribution in [0, 0.1) is 10.1 Å². The van der Waals surface area contributed by atoms with Gasteiger partial charge in [0.15, 0.2) is 0 Å². The Kier molecular flexibility index (Phi) is 5.60. The molecule has 0 aliphatic carbocycles. The highest BCUT2D eigenvalue weighted by molar-refractivity contribution is 6.30. The second-order valence-electron chi connectivity index (χ2n) is 6.98. The van der Waals surface area contributed by atoms with Gasteiger partial charge >= 0.3 is 0 Å². The Bertz CT molecular complexity index is 1220. The zero-order valence-corrected chi connectivity index (χ0v) is 17.2. The van der Waals surface area contributed by atoms with Crippen LogP contribution < -0.4 is 5.32 Å². The van der Waals surface area contributed by atoms with Crippen molar-refractivity contribution in [2.24, 2.45) is 9.98 Å². The van der Waals surface area contributed by atoms with E-state index in [-0.39, 0.29) is 11.3 Å². The average Bonchev–Trinajstić information content (AvgIpc) is 2.90. The smallest absolute Gasteiger partial charge is 0.269 e. The molecule has 0 saturated carbocycles. The maximum absolute atomic E-state index is 12.9. The van der Waals surface area contributed by atoms with E-state index in [1.54, 1.807) is 12.1 Å². The highest BCUT2D eigenvalue weighted by Crippen LogP contribution is 2.34. The van der Waals surface area contributed by atoms with Crippen molar-refractivity contribution >= 4 is 46.1 Å². The van der Waals surface area contributed by atoms with E-state index in [0.717, 1.165) is 11.3 Å². The Hall–Kier alpha value is -3.84. The number of nitrogens with zero attached hydrogens (tertiary/aromatic N) is 3. The predicted molar refractivity (Wildman–Crippen MR) is 121 cm³/mol. The molecule has 0 saturated heterocycles. The van der Waals surface area contributed by atoms with Crippen LogP contribution in [0.25, 0.3) is 0 Å². The molecule has 7 nitrogen and oxygen atoms in total. The van der Waals surface area contributed by atoms with Crippen molar-refractivity contribution in [3.8, 4) is 0 Å². The lowest BCUT2D eigenvalue weighted by Crippen LogP contribution is -2.37.